The van der Waals surface area contributed by atoms with E-state index < -0.39 is 15.8 Å². The third-order valence-electron chi connectivity index (χ3n) is 6.89. The van der Waals surface area contributed by atoms with Gasteiger partial charge in [0.2, 0.25) is 10.0 Å². The number of hydrogen-bond donors (Lipinski definition) is 4. The highest BCUT2D eigenvalue weighted by atomic mass is 32.2. The van der Waals surface area contributed by atoms with Crippen molar-refractivity contribution in [2.24, 2.45) is 0 Å². The summed E-state index contributed by atoms with van der Waals surface area (Å²) in [5.74, 6) is -0.0341. The number of nitrogens with one attached hydrogen (secondary N) is 4. The van der Waals surface area contributed by atoms with Crippen LogP contribution in [0.25, 0.3) is 55.8 Å². The van der Waals surface area contributed by atoms with Gasteiger partial charge in [0.05, 0.1) is 28.4 Å². The molecule has 13 heteroatoms. The number of rotatable bonds is 10. The highest BCUT2D eigenvalue weighted by Gasteiger charge is 2.17. The van der Waals surface area contributed by atoms with Crippen LogP contribution in [0.15, 0.2) is 61.3 Å². The second-order valence-corrected chi connectivity index (χ2v) is 11.9. The molecule has 4 N–H and O–H groups in total. The number of fused-ring (bicyclic) bond motifs is 2. The molecule has 0 bridgehead atoms. The Morgan fingerprint density at radius 3 is 2.52 bits per heavy atom. The second kappa shape index (κ2) is 11.4. The average Bonchev–Trinajstić information content (AvgIpc) is 3.63. The van der Waals surface area contributed by atoms with Crippen LogP contribution in [-0.2, 0) is 23.1 Å². The van der Waals surface area contributed by atoms with Crippen LogP contribution in [0.2, 0.25) is 0 Å². The standard InChI is InChI=1S/C29H28FN9O2S/c1-3-31-10-18-6-20(13-32-11-18)21-9-23-27(38-39-28(23)34-14-21)29-36-25-16-33-15-24(26(25)37-29)19-5-17(7-22(30)8-19)12-35-42(40,41)4-2/h5-9,11,13-16,31,35H,3-4,10,12H2,1-2H3,(H,36,37)(H,34,38,39). The molecule has 6 aromatic rings. The molecule has 0 aliphatic heterocycles. The maximum atomic E-state index is 14.6. The molecular formula is C29H28FN9O2S. The van der Waals surface area contributed by atoms with Crippen molar-refractivity contribution in [1.82, 2.24) is 45.2 Å². The van der Waals surface area contributed by atoms with E-state index in [0.717, 1.165) is 35.2 Å². The van der Waals surface area contributed by atoms with Crippen LogP contribution in [0, 0.1) is 5.82 Å². The van der Waals surface area contributed by atoms with Gasteiger partial charge < -0.3 is 10.3 Å². The molecule has 0 aliphatic rings. The molecule has 5 heterocycles. The van der Waals surface area contributed by atoms with Crippen LogP contribution in [0.3, 0.4) is 0 Å². The van der Waals surface area contributed by atoms with E-state index in [0.29, 0.717) is 44.9 Å². The molecule has 11 nitrogen and oxygen atoms in total. The van der Waals surface area contributed by atoms with Gasteiger partial charge in [0.1, 0.15) is 11.5 Å². The van der Waals surface area contributed by atoms with Crippen molar-refractivity contribution in [3.8, 4) is 33.8 Å². The summed E-state index contributed by atoms with van der Waals surface area (Å²) < 4.78 is 40.9. The van der Waals surface area contributed by atoms with Crippen molar-refractivity contribution >= 4 is 32.1 Å². The molecule has 5 aromatic heterocycles. The molecule has 42 heavy (non-hydrogen) atoms. The molecule has 0 amide bonds. The van der Waals surface area contributed by atoms with E-state index in [9.17, 15) is 12.8 Å². The maximum Gasteiger partial charge on any atom is 0.211 e. The quantitative estimate of drug-likeness (QED) is 0.185. The van der Waals surface area contributed by atoms with E-state index in [1.807, 2.05) is 12.3 Å². The lowest BCUT2D eigenvalue weighted by atomic mass is 10.0. The Morgan fingerprint density at radius 2 is 1.69 bits per heavy atom. The summed E-state index contributed by atoms with van der Waals surface area (Å²) in [5.41, 5.74) is 6.91. The molecule has 0 atom stereocenters. The van der Waals surface area contributed by atoms with Gasteiger partial charge in [-0.15, -0.1) is 0 Å². The molecule has 0 radical (unpaired) electrons. The first-order valence-corrected chi connectivity index (χ1v) is 15.1. The highest BCUT2D eigenvalue weighted by molar-refractivity contribution is 7.89. The predicted octanol–water partition coefficient (Wildman–Crippen LogP) is 4.31. The van der Waals surface area contributed by atoms with Crippen LogP contribution in [0.1, 0.15) is 25.0 Å². The smallest absolute Gasteiger partial charge is 0.211 e. The fraction of sp³-hybridized carbons (Fsp3) is 0.207. The van der Waals surface area contributed by atoms with Gasteiger partial charge in [0.25, 0.3) is 0 Å². The monoisotopic (exact) mass is 585 g/mol. The van der Waals surface area contributed by atoms with Crippen molar-refractivity contribution in [3.05, 3.63) is 78.3 Å². The maximum absolute atomic E-state index is 14.6. The molecular weight excluding hydrogens is 557 g/mol. The number of nitrogens with zero attached hydrogens (tertiary/aromatic N) is 5. The van der Waals surface area contributed by atoms with Crippen LogP contribution in [0.4, 0.5) is 4.39 Å². The van der Waals surface area contributed by atoms with Gasteiger partial charge in [-0.2, -0.15) is 5.10 Å². The van der Waals surface area contributed by atoms with E-state index in [1.54, 1.807) is 37.8 Å². The summed E-state index contributed by atoms with van der Waals surface area (Å²) >= 11 is 0. The van der Waals surface area contributed by atoms with E-state index in [4.69, 9.17) is 4.98 Å². The Kier molecular flexibility index (Phi) is 7.45. The first kappa shape index (κ1) is 27.6. The number of hydrogen-bond acceptors (Lipinski definition) is 8. The first-order valence-electron chi connectivity index (χ1n) is 13.4. The van der Waals surface area contributed by atoms with Gasteiger partial charge in [0.15, 0.2) is 11.5 Å². The summed E-state index contributed by atoms with van der Waals surface area (Å²) in [6, 6.07) is 8.49. The minimum Gasteiger partial charge on any atom is -0.335 e. The Hall–Kier alpha value is -4.59. The lowest BCUT2D eigenvalue weighted by molar-refractivity contribution is 0.581. The Morgan fingerprint density at radius 1 is 0.881 bits per heavy atom. The number of halogens is 1. The zero-order valence-electron chi connectivity index (χ0n) is 22.9. The molecule has 0 aliphatic carbocycles. The van der Waals surface area contributed by atoms with Gasteiger partial charge in [-0.05, 0) is 60.5 Å². The minimum absolute atomic E-state index is 0.0286. The third-order valence-corrected chi connectivity index (χ3v) is 8.24. The number of aromatic amines is 2. The van der Waals surface area contributed by atoms with Gasteiger partial charge >= 0.3 is 0 Å². The van der Waals surface area contributed by atoms with Crippen molar-refractivity contribution in [1.29, 1.82) is 0 Å². The molecule has 1 aromatic carbocycles. The molecule has 214 valence electrons. The lowest BCUT2D eigenvalue weighted by Gasteiger charge is -2.08. The van der Waals surface area contributed by atoms with Crippen molar-refractivity contribution < 1.29 is 12.8 Å². The Bertz CT molecular complexity index is 2020. The molecule has 6 rings (SSSR count). The highest BCUT2D eigenvalue weighted by Crippen LogP contribution is 2.32. The summed E-state index contributed by atoms with van der Waals surface area (Å²) in [5, 5.41) is 11.5. The minimum atomic E-state index is -3.43. The van der Waals surface area contributed by atoms with Crippen LogP contribution < -0.4 is 10.0 Å². The summed E-state index contributed by atoms with van der Waals surface area (Å²) in [7, 11) is -3.43. The Labute approximate surface area is 241 Å². The van der Waals surface area contributed by atoms with E-state index in [1.165, 1.54) is 12.1 Å². The zero-order valence-corrected chi connectivity index (χ0v) is 23.8. The fourth-order valence-electron chi connectivity index (χ4n) is 4.72. The first-order chi connectivity index (χ1) is 20.3. The van der Waals surface area contributed by atoms with Gasteiger partial charge in [-0.25, -0.2) is 27.5 Å². The zero-order chi connectivity index (χ0) is 29.3. The van der Waals surface area contributed by atoms with Crippen LogP contribution >= 0.6 is 0 Å². The second-order valence-electron chi connectivity index (χ2n) is 9.80. The molecule has 0 saturated heterocycles. The lowest BCUT2D eigenvalue weighted by Crippen LogP contribution is -2.24. The average molecular weight is 586 g/mol. The topological polar surface area (TPSA) is 154 Å². The molecule has 0 unspecified atom stereocenters. The van der Waals surface area contributed by atoms with Crippen molar-refractivity contribution in [2.45, 2.75) is 26.9 Å². The van der Waals surface area contributed by atoms with Crippen molar-refractivity contribution in [3.63, 3.8) is 0 Å². The van der Waals surface area contributed by atoms with Crippen LogP contribution in [-0.4, -0.2) is 55.8 Å². The number of H-pyrrole nitrogens is 2. The van der Waals surface area contributed by atoms with Gasteiger partial charge in [-0.1, -0.05) is 6.92 Å². The molecule has 0 saturated carbocycles. The summed E-state index contributed by atoms with van der Waals surface area (Å²) in [6.07, 6.45) is 8.67. The number of sulfonamides is 1. The molecule has 0 spiro atoms. The Balaban J connectivity index is 1.38. The van der Waals surface area contributed by atoms with E-state index in [2.05, 4.69) is 53.2 Å². The largest absolute Gasteiger partial charge is 0.335 e. The summed E-state index contributed by atoms with van der Waals surface area (Å²) in [6.45, 7) is 5.16. The summed E-state index contributed by atoms with van der Waals surface area (Å²) in [4.78, 5) is 21.4. The SMILES string of the molecule is CCNCc1cncc(-c2cnc3n[nH]c(-c4nc5c(-c6cc(F)cc(CNS(=O)(=O)CC)c6)cncc5[nH]4)c3c2)c1. The van der Waals surface area contributed by atoms with E-state index in [-0.39, 0.29) is 12.3 Å². The van der Waals surface area contributed by atoms with Crippen molar-refractivity contribution in [2.75, 3.05) is 12.3 Å². The number of pyridine rings is 3. The number of benzene rings is 1. The van der Waals surface area contributed by atoms with Gasteiger partial charge in [0, 0.05) is 54.6 Å². The normalized spacial score (nSPS) is 12.0. The predicted molar refractivity (Wildman–Crippen MR) is 159 cm³/mol. The van der Waals surface area contributed by atoms with E-state index >= 15 is 0 Å². The van der Waals surface area contributed by atoms with Gasteiger partial charge in [-0.3, -0.25) is 15.1 Å². The fourth-order valence-corrected chi connectivity index (χ4v) is 5.31. The molecule has 0 fully saturated rings. The number of aromatic nitrogens is 7. The third kappa shape index (κ3) is 5.62. The van der Waals surface area contributed by atoms with Crippen LogP contribution in [0.5, 0.6) is 0 Å². The number of imidazole rings is 1.